The number of tetrazole rings is 1. The second-order valence-electron chi connectivity index (χ2n) is 4.35. The van der Waals surface area contributed by atoms with Crippen LogP contribution in [0.15, 0.2) is 42.1 Å². The molecule has 0 bridgehead atoms. The second kappa shape index (κ2) is 4.44. The van der Waals surface area contributed by atoms with Crippen LogP contribution < -0.4 is 0 Å². The standard InChI is InChI=1S/C13H9N7O/c1-2-7-21-17-11-9-6-4-3-5-8(9)10-12(11)14-13-15-18-19-20(13)16-10/h2-6H,1,7H2/b17-11+. The van der Waals surface area contributed by atoms with E-state index in [-0.39, 0.29) is 0 Å². The van der Waals surface area contributed by atoms with Crippen molar-refractivity contribution in [1.29, 1.82) is 0 Å². The van der Waals surface area contributed by atoms with Crippen molar-refractivity contribution < 1.29 is 4.84 Å². The van der Waals surface area contributed by atoms with Gasteiger partial charge in [-0.1, -0.05) is 51.8 Å². The first kappa shape index (κ1) is 11.6. The van der Waals surface area contributed by atoms with Gasteiger partial charge >= 0.3 is 0 Å². The number of hydrogen-bond donors (Lipinski definition) is 0. The number of aromatic nitrogens is 6. The average molecular weight is 279 g/mol. The monoisotopic (exact) mass is 279 g/mol. The molecule has 0 fully saturated rings. The first-order valence-electron chi connectivity index (χ1n) is 6.26. The lowest BCUT2D eigenvalue weighted by Crippen LogP contribution is -2.06. The molecule has 0 saturated carbocycles. The van der Waals surface area contributed by atoms with E-state index in [1.807, 2.05) is 24.3 Å². The smallest absolute Gasteiger partial charge is 0.292 e. The summed E-state index contributed by atoms with van der Waals surface area (Å²) in [6.45, 7) is 3.92. The molecule has 0 unspecified atom stereocenters. The molecular weight excluding hydrogens is 270 g/mol. The Kier molecular flexibility index (Phi) is 2.46. The molecule has 2 aromatic heterocycles. The fourth-order valence-electron chi connectivity index (χ4n) is 2.22. The van der Waals surface area contributed by atoms with Crippen molar-refractivity contribution in [3.05, 3.63) is 48.2 Å². The maximum Gasteiger partial charge on any atom is 0.292 e. The summed E-state index contributed by atoms with van der Waals surface area (Å²) in [4.78, 5) is 9.64. The van der Waals surface area contributed by atoms with E-state index in [9.17, 15) is 0 Å². The lowest BCUT2D eigenvalue weighted by atomic mass is 10.1. The van der Waals surface area contributed by atoms with Crippen LogP contribution in [0, 0.1) is 0 Å². The Morgan fingerprint density at radius 2 is 2.10 bits per heavy atom. The summed E-state index contributed by atoms with van der Waals surface area (Å²) in [7, 11) is 0. The van der Waals surface area contributed by atoms with E-state index in [1.165, 1.54) is 4.63 Å². The Labute approximate surface area is 118 Å². The van der Waals surface area contributed by atoms with E-state index >= 15 is 0 Å². The molecule has 1 aliphatic rings. The zero-order chi connectivity index (χ0) is 14.2. The molecule has 0 N–H and O–H groups in total. The fourth-order valence-corrected chi connectivity index (χ4v) is 2.22. The third-order valence-corrected chi connectivity index (χ3v) is 3.08. The van der Waals surface area contributed by atoms with Gasteiger partial charge in [-0.3, -0.25) is 0 Å². The Balaban J connectivity index is 1.96. The predicted octanol–water partition coefficient (Wildman–Crippen LogP) is 0.850. The highest BCUT2D eigenvalue weighted by atomic mass is 16.6. The average Bonchev–Trinajstić information content (AvgIpc) is 3.08. The molecule has 0 atom stereocenters. The third kappa shape index (κ3) is 1.69. The van der Waals surface area contributed by atoms with Crippen molar-refractivity contribution in [1.82, 2.24) is 30.2 Å². The Bertz CT molecular complexity index is 883. The number of nitrogens with zero attached hydrogens (tertiary/aromatic N) is 7. The lowest BCUT2D eigenvalue weighted by Gasteiger charge is -1.99. The summed E-state index contributed by atoms with van der Waals surface area (Å²) in [6, 6.07) is 7.76. The largest absolute Gasteiger partial charge is 0.391 e. The highest BCUT2D eigenvalue weighted by Crippen LogP contribution is 2.33. The Morgan fingerprint density at radius 1 is 1.24 bits per heavy atom. The predicted molar refractivity (Wildman–Crippen MR) is 73.6 cm³/mol. The summed E-state index contributed by atoms with van der Waals surface area (Å²) < 4.78 is 1.29. The SMILES string of the molecule is C=CCO/N=C1\c2ccccc2-c2nn3nnnc3nc21. The van der Waals surface area contributed by atoms with E-state index < -0.39 is 0 Å². The minimum Gasteiger partial charge on any atom is -0.391 e. The molecule has 2 heterocycles. The van der Waals surface area contributed by atoms with Gasteiger partial charge in [-0.05, 0) is 10.4 Å². The fraction of sp³-hybridized carbons (Fsp3) is 0.0769. The number of rotatable bonds is 3. The molecule has 4 rings (SSSR count). The van der Waals surface area contributed by atoms with Gasteiger partial charge < -0.3 is 4.84 Å². The first-order valence-corrected chi connectivity index (χ1v) is 6.26. The van der Waals surface area contributed by atoms with Crippen molar-refractivity contribution in [2.75, 3.05) is 6.61 Å². The van der Waals surface area contributed by atoms with Crippen molar-refractivity contribution in [3.63, 3.8) is 0 Å². The first-order chi connectivity index (χ1) is 10.4. The summed E-state index contributed by atoms with van der Waals surface area (Å²) in [5.74, 6) is 0.318. The van der Waals surface area contributed by atoms with Crippen molar-refractivity contribution in [2.24, 2.45) is 5.16 Å². The Hall–Kier alpha value is -3.16. The van der Waals surface area contributed by atoms with Crippen LogP contribution >= 0.6 is 0 Å². The second-order valence-corrected chi connectivity index (χ2v) is 4.35. The lowest BCUT2D eigenvalue weighted by molar-refractivity contribution is 0.175. The zero-order valence-corrected chi connectivity index (χ0v) is 10.8. The molecule has 8 heteroatoms. The normalized spacial score (nSPS) is 14.2. The van der Waals surface area contributed by atoms with E-state index in [0.717, 1.165) is 11.1 Å². The highest BCUT2D eigenvalue weighted by molar-refractivity contribution is 6.22. The minimum atomic E-state index is 0.318. The van der Waals surface area contributed by atoms with Crippen molar-refractivity contribution in [3.8, 4) is 11.3 Å². The third-order valence-electron chi connectivity index (χ3n) is 3.08. The van der Waals surface area contributed by atoms with Crippen molar-refractivity contribution in [2.45, 2.75) is 0 Å². The molecule has 3 aromatic rings. The maximum absolute atomic E-state index is 5.22. The van der Waals surface area contributed by atoms with Gasteiger partial charge in [0, 0.05) is 11.1 Å². The van der Waals surface area contributed by atoms with Gasteiger partial charge in [-0.2, -0.15) is 0 Å². The van der Waals surface area contributed by atoms with Crippen LogP contribution in [0.2, 0.25) is 0 Å². The summed E-state index contributed by atoms with van der Waals surface area (Å²) in [5.41, 5.74) is 3.77. The Morgan fingerprint density at radius 3 is 2.95 bits per heavy atom. The highest BCUT2D eigenvalue weighted by Gasteiger charge is 2.29. The molecule has 8 nitrogen and oxygen atoms in total. The molecule has 0 amide bonds. The van der Waals surface area contributed by atoms with Gasteiger partial charge in [-0.25, -0.2) is 4.98 Å². The van der Waals surface area contributed by atoms with Gasteiger partial charge in [0.2, 0.25) is 0 Å². The summed E-state index contributed by atoms with van der Waals surface area (Å²) >= 11 is 0. The quantitative estimate of drug-likeness (QED) is 0.314. The van der Waals surface area contributed by atoms with Gasteiger partial charge in [0.1, 0.15) is 23.7 Å². The molecule has 1 aliphatic carbocycles. The molecule has 0 aliphatic heterocycles. The number of hydrogen-bond acceptors (Lipinski definition) is 7. The van der Waals surface area contributed by atoms with Gasteiger partial charge in [0.05, 0.1) is 0 Å². The topological polar surface area (TPSA) is 90.5 Å². The molecule has 102 valence electrons. The van der Waals surface area contributed by atoms with E-state index in [2.05, 4.69) is 37.3 Å². The van der Waals surface area contributed by atoms with Crippen LogP contribution in [-0.4, -0.2) is 42.6 Å². The van der Waals surface area contributed by atoms with E-state index in [4.69, 9.17) is 4.84 Å². The minimum absolute atomic E-state index is 0.318. The molecule has 0 saturated heterocycles. The molecule has 1 aromatic carbocycles. The molecule has 21 heavy (non-hydrogen) atoms. The van der Waals surface area contributed by atoms with Crippen LogP contribution in [0.3, 0.4) is 0 Å². The van der Waals surface area contributed by atoms with E-state index in [0.29, 0.717) is 29.5 Å². The number of fused-ring (bicyclic) bond motifs is 4. The van der Waals surface area contributed by atoms with Crippen LogP contribution in [0.4, 0.5) is 0 Å². The molecule has 0 radical (unpaired) electrons. The zero-order valence-electron chi connectivity index (χ0n) is 10.8. The van der Waals surface area contributed by atoms with Crippen LogP contribution in [0.5, 0.6) is 0 Å². The van der Waals surface area contributed by atoms with Gasteiger partial charge in [0.15, 0.2) is 0 Å². The molecule has 0 spiro atoms. The van der Waals surface area contributed by atoms with Gasteiger partial charge in [0.25, 0.3) is 5.78 Å². The van der Waals surface area contributed by atoms with Gasteiger partial charge in [-0.15, -0.1) is 5.10 Å². The number of oxime groups is 1. The summed E-state index contributed by atoms with van der Waals surface area (Å²) in [5, 5.41) is 19.7. The molecular formula is C13H9N7O. The van der Waals surface area contributed by atoms with Crippen LogP contribution in [0.1, 0.15) is 11.3 Å². The number of benzene rings is 1. The van der Waals surface area contributed by atoms with E-state index in [1.54, 1.807) is 6.08 Å². The summed E-state index contributed by atoms with van der Waals surface area (Å²) in [6.07, 6.45) is 1.63. The van der Waals surface area contributed by atoms with Crippen LogP contribution in [-0.2, 0) is 4.84 Å². The maximum atomic E-state index is 5.22. The van der Waals surface area contributed by atoms with Crippen LogP contribution in [0.25, 0.3) is 17.0 Å². The van der Waals surface area contributed by atoms with Crippen molar-refractivity contribution >= 4 is 11.5 Å².